The molecule has 0 aromatic heterocycles. The molecule has 0 nitrogen and oxygen atoms in total. The lowest BCUT2D eigenvalue weighted by Crippen LogP contribution is -2.10. The van der Waals surface area contributed by atoms with Gasteiger partial charge in [-0.25, -0.2) is 0 Å². The number of rotatable bonds is 4. The first-order valence-electron chi connectivity index (χ1n) is 23.6. The first-order chi connectivity index (χ1) is 32.0. The van der Waals surface area contributed by atoms with Crippen LogP contribution in [0.1, 0.15) is 52.7 Å². The van der Waals surface area contributed by atoms with E-state index in [-0.39, 0.29) is 10.8 Å². The van der Waals surface area contributed by atoms with Crippen LogP contribution in [-0.4, -0.2) is 0 Å². The van der Waals surface area contributed by atoms with Crippen molar-refractivity contribution in [2.75, 3.05) is 0 Å². The molecule has 0 aliphatic carbocycles. The van der Waals surface area contributed by atoms with Gasteiger partial charge in [-0.2, -0.15) is 0 Å². The highest BCUT2D eigenvalue weighted by Crippen LogP contribution is 2.55. The molecule has 0 aliphatic rings. The summed E-state index contributed by atoms with van der Waals surface area (Å²) in [6, 6.07) is 74.0. The van der Waals surface area contributed by atoms with Crippen LogP contribution in [0.5, 0.6) is 0 Å². The predicted molar refractivity (Wildman–Crippen MR) is 288 cm³/mol. The molecule has 0 spiro atoms. The van der Waals surface area contributed by atoms with Crippen molar-refractivity contribution in [1.82, 2.24) is 0 Å². The summed E-state index contributed by atoms with van der Waals surface area (Å²) in [5.41, 5.74) is 13.0. The van der Waals surface area contributed by atoms with E-state index in [1.54, 1.807) is 0 Å². The first kappa shape index (κ1) is 38.9. The molecule has 0 amide bonds. The van der Waals surface area contributed by atoms with Gasteiger partial charge in [0.05, 0.1) is 0 Å². The highest BCUT2D eigenvalue weighted by Gasteiger charge is 2.27. The summed E-state index contributed by atoms with van der Waals surface area (Å²) in [6.07, 6.45) is 0. The third-order valence-electron chi connectivity index (χ3n) is 14.9. The Kier molecular flexibility index (Phi) is 8.24. The van der Waals surface area contributed by atoms with Crippen molar-refractivity contribution in [3.05, 3.63) is 205 Å². The van der Waals surface area contributed by atoms with E-state index in [1.165, 1.54) is 142 Å². The summed E-state index contributed by atoms with van der Waals surface area (Å²) < 4.78 is 0. The molecule has 0 radical (unpaired) electrons. The van der Waals surface area contributed by atoms with E-state index in [2.05, 4.69) is 236 Å². The summed E-state index contributed by atoms with van der Waals surface area (Å²) in [7, 11) is 0. The van der Waals surface area contributed by atoms with E-state index in [1.807, 2.05) is 0 Å². The second-order valence-corrected chi connectivity index (χ2v) is 20.7. The second-order valence-electron chi connectivity index (χ2n) is 20.7. The SMILES string of the molecule is CC(C)(C)c1ccc(-c2ccc(-c3ccc(C(C)(C)C)cc3)c3c4cc5c(cc6c7c(-c8ccccc8)c8ccccc8c(-c8ccccc8)c7c7cccc5c76)c5cccc(c23)c54)cc1. The molecule has 13 rings (SSSR count). The fourth-order valence-corrected chi connectivity index (χ4v) is 11.7. The van der Waals surface area contributed by atoms with Crippen molar-refractivity contribution in [2.45, 2.75) is 52.4 Å². The van der Waals surface area contributed by atoms with E-state index in [9.17, 15) is 0 Å². The minimum absolute atomic E-state index is 0.0723. The summed E-state index contributed by atoms with van der Waals surface area (Å²) >= 11 is 0. The molecule has 0 fully saturated rings. The largest absolute Gasteiger partial charge is 0.0622 e. The van der Waals surface area contributed by atoms with Crippen molar-refractivity contribution < 1.29 is 0 Å². The number of hydrogen-bond donors (Lipinski definition) is 0. The van der Waals surface area contributed by atoms with Crippen LogP contribution in [0.25, 0.3) is 131 Å². The van der Waals surface area contributed by atoms with Crippen molar-refractivity contribution in [2.24, 2.45) is 0 Å². The molecular weight excluding hydrogens is 793 g/mol. The lowest BCUT2D eigenvalue weighted by molar-refractivity contribution is 0.590. The van der Waals surface area contributed by atoms with Crippen molar-refractivity contribution >= 4 is 86.2 Å². The third-order valence-corrected chi connectivity index (χ3v) is 14.9. The zero-order valence-electron chi connectivity index (χ0n) is 38.5. The molecule has 13 aromatic rings. The number of benzene rings is 11. The van der Waals surface area contributed by atoms with Gasteiger partial charge in [-0.15, -0.1) is 0 Å². The Morgan fingerprint density at radius 1 is 0.227 bits per heavy atom. The molecule has 0 saturated carbocycles. The van der Waals surface area contributed by atoms with Gasteiger partial charge in [0.15, 0.2) is 0 Å². The minimum atomic E-state index is 0.0723. The molecule has 314 valence electrons. The maximum Gasteiger partial charge on any atom is -0.000719 e. The van der Waals surface area contributed by atoms with Crippen LogP contribution in [0.15, 0.2) is 194 Å². The Morgan fingerprint density at radius 2 is 0.576 bits per heavy atom. The van der Waals surface area contributed by atoms with E-state index >= 15 is 0 Å². The lowest BCUT2D eigenvalue weighted by Gasteiger charge is -2.20. The molecule has 0 atom stereocenters. The van der Waals surface area contributed by atoms with Gasteiger partial charge in [-0.3, -0.25) is 0 Å². The van der Waals surface area contributed by atoms with E-state index in [0.29, 0.717) is 0 Å². The molecule has 0 aliphatic heterocycles. The average molecular weight is 843 g/mol. The Morgan fingerprint density at radius 3 is 1.02 bits per heavy atom. The van der Waals surface area contributed by atoms with Crippen LogP contribution < -0.4 is 0 Å². The Bertz CT molecular complexity index is 4050. The van der Waals surface area contributed by atoms with Gasteiger partial charge in [-0.05, 0) is 165 Å². The fraction of sp³-hybridized carbons (Fsp3) is 0.121. The van der Waals surface area contributed by atoms with Gasteiger partial charge in [-0.1, -0.05) is 224 Å². The van der Waals surface area contributed by atoms with E-state index < -0.39 is 0 Å². The monoisotopic (exact) mass is 842 g/mol. The molecule has 0 saturated heterocycles. The summed E-state index contributed by atoms with van der Waals surface area (Å²) in [6.45, 7) is 13.8. The van der Waals surface area contributed by atoms with Crippen molar-refractivity contribution in [1.29, 1.82) is 0 Å². The summed E-state index contributed by atoms with van der Waals surface area (Å²) in [5, 5.41) is 21.1. The van der Waals surface area contributed by atoms with E-state index in [0.717, 1.165) is 0 Å². The van der Waals surface area contributed by atoms with E-state index in [4.69, 9.17) is 0 Å². The normalized spacial score (nSPS) is 12.7. The van der Waals surface area contributed by atoms with Crippen LogP contribution >= 0.6 is 0 Å². The lowest BCUT2D eigenvalue weighted by atomic mass is 9.85. The molecule has 13 aromatic carbocycles. The molecule has 0 heterocycles. The van der Waals surface area contributed by atoms with Gasteiger partial charge >= 0.3 is 0 Å². The highest BCUT2D eigenvalue weighted by molar-refractivity contribution is 6.45. The van der Waals surface area contributed by atoms with Gasteiger partial charge < -0.3 is 0 Å². The van der Waals surface area contributed by atoms with Gasteiger partial charge in [0.25, 0.3) is 0 Å². The number of fused-ring (bicyclic) bond motifs is 10. The number of hydrogen-bond acceptors (Lipinski definition) is 0. The Hall–Kier alpha value is -7.54. The highest BCUT2D eigenvalue weighted by atomic mass is 14.3. The van der Waals surface area contributed by atoms with Crippen LogP contribution in [0.3, 0.4) is 0 Å². The predicted octanol–water partition coefficient (Wildman–Crippen LogP) is 19.1. The van der Waals surface area contributed by atoms with Crippen molar-refractivity contribution in [3.8, 4) is 44.5 Å². The summed E-state index contributed by atoms with van der Waals surface area (Å²) in [4.78, 5) is 0. The zero-order valence-corrected chi connectivity index (χ0v) is 38.5. The van der Waals surface area contributed by atoms with Crippen LogP contribution in [0.2, 0.25) is 0 Å². The van der Waals surface area contributed by atoms with Crippen LogP contribution in [0, 0.1) is 0 Å². The molecule has 0 N–H and O–H groups in total. The third kappa shape index (κ3) is 5.58. The molecule has 66 heavy (non-hydrogen) atoms. The van der Waals surface area contributed by atoms with Gasteiger partial charge in [0, 0.05) is 0 Å². The van der Waals surface area contributed by atoms with Gasteiger partial charge in [0.1, 0.15) is 0 Å². The Balaban J connectivity index is 1.21. The second kappa shape index (κ2) is 14.0. The Labute approximate surface area is 386 Å². The van der Waals surface area contributed by atoms with Crippen LogP contribution in [0.4, 0.5) is 0 Å². The first-order valence-corrected chi connectivity index (χ1v) is 23.6. The topological polar surface area (TPSA) is 0 Å². The molecule has 0 unspecified atom stereocenters. The maximum absolute atomic E-state index is 2.56. The fourth-order valence-electron chi connectivity index (χ4n) is 11.7. The summed E-state index contributed by atoms with van der Waals surface area (Å²) in [5.74, 6) is 0. The minimum Gasteiger partial charge on any atom is -0.0622 e. The zero-order chi connectivity index (χ0) is 44.6. The van der Waals surface area contributed by atoms with Crippen molar-refractivity contribution in [3.63, 3.8) is 0 Å². The maximum atomic E-state index is 2.56. The molecule has 0 bridgehead atoms. The van der Waals surface area contributed by atoms with Crippen LogP contribution in [-0.2, 0) is 10.8 Å². The average Bonchev–Trinajstić information content (AvgIpc) is 3.85. The molecular formula is C66H50. The quantitative estimate of drug-likeness (QED) is 0.155. The smallest absolute Gasteiger partial charge is 0.000719 e. The van der Waals surface area contributed by atoms with Gasteiger partial charge in [0.2, 0.25) is 0 Å². The standard InChI is InChI=1S/C66H50/c1-65(2,3)43-31-27-39(28-32-43)45-35-36-46(40-29-33-44(34-30-40)66(4,5)6)62-55-37-53-50-24-16-26-52-60(50)56(38-54(53)49-23-15-25-51(59(49)55)61(45)62)64-58(42-19-11-8-12-20-42)48-22-14-13-21-47(48)57(63(52)64)41-17-9-7-10-18-41/h7-38H,1-6H3. The molecule has 0 heteroatoms.